The average Bonchev–Trinajstić information content (AvgIpc) is 2.50. The first kappa shape index (κ1) is 18.8. The highest BCUT2D eigenvalue weighted by atomic mass is 35.5. The Kier molecular flexibility index (Phi) is 10.6. The van der Waals surface area contributed by atoms with Crippen molar-refractivity contribution < 1.29 is 9.47 Å². The summed E-state index contributed by atoms with van der Waals surface area (Å²) >= 11 is 5.87. The van der Waals surface area contributed by atoms with E-state index in [-0.39, 0.29) is 5.28 Å². The van der Waals surface area contributed by atoms with Crippen LogP contribution in [-0.4, -0.2) is 61.0 Å². The van der Waals surface area contributed by atoms with Crippen molar-refractivity contribution in [3.8, 4) is 0 Å². The molecule has 0 aliphatic heterocycles. The van der Waals surface area contributed by atoms with E-state index in [0.717, 1.165) is 19.4 Å². The lowest BCUT2D eigenvalue weighted by molar-refractivity contribution is 0.0547. The van der Waals surface area contributed by atoms with E-state index in [1.165, 1.54) is 0 Å². The number of ether oxygens (including phenoxy) is 2. The minimum absolute atomic E-state index is 0.160. The number of hydrogen-bond donors (Lipinski definition) is 3. The third-order valence-electron chi connectivity index (χ3n) is 2.59. The fourth-order valence-corrected chi connectivity index (χ4v) is 1.69. The van der Waals surface area contributed by atoms with Crippen molar-refractivity contribution in [2.45, 2.75) is 19.8 Å². The van der Waals surface area contributed by atoms with Crippen LogP contribution < -0.4 is 16.4 Å². The number of nitrogens with one attached hydrogen (secondary N) is 2. The Bertz CT molecular complexity index is 410. The summed E-state index contributed by atoms with van der Waals surface area (Å²) in [4.78, 5) is 12.3. The first-order valence-electron chi connectivity index (χ1n) is 7.51. The van der Waals surface area contributed by atoms with E-state index < -0.39 is 0 Å². The summed E-state index contributed by atoms with van der Waals surface area (Å²) in [5, 5.41) is 6.32. The monoisotopic (exact) mass is 332 g/mol. The van der Waals surface area contributed by atoms with Crippen molar-refractivity contribution in [2.75, 3.05) is 56.7 Å². The zero-order chi connectivity index (χ0) is 16.0. The highest BCUT2D eigenvalue weighted by Crippen LogP contribution is 2.09. The van der Waals surface area contributed by atoms with Gasteiger partial charge in [0.05, 0.1) is 26.4 Å². The van der Waals surface area contributed by atoms with Crippen LogP contribution in [-0.2, 0) is 9.47 Å². The summed E-state index contributed by atoms with van der Waals surface area (Å²) in [6, 6.07) is 0. The maximum absolute atomic E-state index is 5.87. The molecule has 0 spiro atoms. The maximum atomic E-state index is 5.87. The normalized spacial score (nSPS) is 10.7. The van der Waals surface area contributed by atoms with Gasteiger partial charge in [-0.05, 0) is 18.0 Å². The first-order valence-corrected chi connectivity index (χ1v) is 7.89. The average molecular weight is 333 g/mol. The largest absolute Gasteiger partial charge is 0.378 e. The SMILES string of the molecule is CCCCNc1nc(Cl)nc(NCCOCCOCCN)n1. The summed E-state index contributed by atoms with van der Waals surface area (Å²) in [6.45, 7) is 6.18. The topological polar surface area (TPSA) is 107 Å². The number of hydrogen-bond acceptors (Lipinski definition) is 8. The molecule has 1 aromatic heterocycles. The van der Waals surface area contributed by atoms with E-state index in [4.69, 9.17) is 26.8 Å². The van der Waals surface area contributed by atoms with Crippen LogP contribution >= 0.6 is 11.6 Å². The van der Waals surface area contributed by atoms with Crippen LogP contribution in [0.5, 0.6) is 0 Å². The Labute approximate surface area is 136 Å². The first-order chi connectivity index (χ1) is 10.8. The Balaban J connectivity index is 2.21. The highest BCUT2D eigenvalue weighted by Gasteiger charge is 2.04. The molecule has 0 radical (unpaired) electrons. The van der Waals surface area contributed by atoms with Gasteiger partial charge in [-0.25, -0.2) is 0 Å². The summed E-state index contributed by atoms with van der Waals surface area (Å²) < 4.78 is 10.6. The zero-order valence-corrected chi connectivity index (χ0v) is 13.7. The van der Waals surface area contributed by atoms with Gasteiger partial charge < -0.3 is 25.8 Å². The van der Waals surface area contributed by atoms with E-state index in [1.54, 1.807) is 0 Å². The highest BCUT2D eigenvalue weighted by molar-refractivity contribution is 6.28. The van der Waals surface area contributed by atoms with Gasteiger partial charge >= 0.3 is 0 Å². The summed E-state index contributed by atoms with van der Waals surface area (Å²) in [5.74, 6) is 0.911. The van der Waals surface area contributed by atoms with Crippen LogP contribution in [0.4, 0.5) is 11.9 Å². The van der Waals surface area contributed by atoms with Crippen molar-refractivity contribution in [3.63, 3.8) is 0 Å². The molecule has 126 valence electrons. The van der Waals surface area contributed by atoms with Gasteiger partial charge in [-0.3, -0.25) is 0 Å². The van der Waals surface area contributed by atoms with Gasteiger partial charge in [-0.2, -0.15) is 15.0 Å². The fourth-order valence-electron chi connectivity index (χ4n) is 1.53. The Morgan fingerprint density at radius 3 is 2.23 bits per heavy atom. The molecule has 1 aromatic rings. The number of anilines is 2. The second-order valence-electron chi connectivity index (χ2n) is 4.47. The van der Waals surface area contributed by atoms with Crippen LogP contribution in [0.2, 0.25) is 5.28 Å². The number of rotatable bonds is 13. The van der Waals surface area contributed by atoms with E-state index in [0.29, 0.717) is 51.4 Å². The molecule has 0 bridgehead atoms. The van der Waals surface area contributed by atoms with Crippen molar-refractivity contribution >= 4 is 23.5 Å². The molecular weight excluding hydrogens is 308 g/mol. The third kappa shape index (κ3) is 8.93. The van der Waals surface area contributed by atoms with Crippen LogP contribution in [0.15, 0.2) is 0 Å². The molecule has 0 fully saturated rings. The molecule has 0 amide bonds. The van der Waals surface area contributed by atoms with E-state index in [1.807, 2.05) is 0 Å². The van der Waals surface area contributed by atoms with Gasteiger partial charge in [0.25, 0.3) is 0 Å². The lowest BCUT2D eigenvalue weighted by Crippen LogP contribution is -2.16. The maximum Gasteiger partial charge on any atom is 0.228 e. The number of halogens is 1. The molecule has 8 nitrogen and oxygen atoms in total. The molecule has 9 heteroatoms. The predicted octanol–water partition coefficient (Wildman–Crippen LogP) is 1.14. The number of aromatic nitrogens is 3. The van der Waals surface area contributed by atoms with Crippen molar-refractivity contribution in [1.29, 1.82) is 0 Å². The molecule has 0 aromatic carbocycles. The molecule has 0 saturated carbocycles. The summed E-state index contributed by atoms with van der Waals surface area (Å²) in [6.07, 6.45) is 2.15. The molecule has 0 atom stereocenters. The zero-order valence-electron chi connectivity index (χ0n) is 13.0. The minimum atomic E-state index is 0.160. The van der Waals surface area contributed by atoms with E-state index in [9.17, 15) is 0 Å². The molecule has 22 heavy (non-hydrogen) atoms. The molecule has 1 heterocycles. The van der Waals surface area contributed by atoms with Gasteiger partial charge in [-0.15, -0.1) is 0 Å². The number of nitrogens with zero attached hydrogens (tertiary/aromatic N) is 3. The van der Waals surface area contributed by atoms with Gasteiger partial charge in [0, 0.05) is 19.6 Å². The molecule has 4 N–H and O–H groups in total. The fraction of sp³-hybridized carbons (Fsp3) is 0.769. The second-order valence-corrected chi connectivity index (χ2v) is 4.81. The Hall–Kier alpha value is -1.22. The van der Waals surface area contributed by atoms with Crippen LogP contribution in [0, 0.1) is 0 Å². The van der Waals surface area contributed by atoms with Gasteiger partial charge in [0.1, 0.15) is 0 Å². The van der Waals surface area contributed by atoms with E-state index in [2.05, 4.69) is 32.5 Å². The standard InChI is InChI=1S/C13H25ClN6O2/c1-2-3-5-16-12-18-11(14)19-13(20-12)17-6-8-22-10-9-21-7-4-15/h2-10,15H2,1H3,(H2,16,17,18,19,20). The van der Waals surface area contributed by atoms with Gasteiger partial charge in [0.15, 0.2) is 0 Å². The number of unbranched alkanes of at least 4 members (excludes halogenated alkanes) is 1. The van der Waals surface area contributed by atoms with Gasteiger partial charge in [-0.1, -0.05) is 13.3 Å². The molecule has 0 aliphatic rings. The Morgan fingerprint density at radius 1 is 0.955 bits per heavy atom. The third-order valence-corrected chi connectivity index (χ3v) is 2.75. The quantitative estimate of drug-likeness (QED) is 0.462. The molecule has 0 aliphatic carbocycles. The lowest BCUT2D eigenvalue weighted by Gasteiger charge is -2.08. The minimum Gasteiger partial charge on any atom is -0.378 e. The summed E-state index contributed by atoms with van der Waals surface area (Å²) in [7, 11) is 0. The van der Waals surface area contributed by atoms with Crippen LogP contribution in [0.1, 0.15) is 19.8 Å². The molecule has 0 unspecified atom stereocenters. The predicted molar refractivity (Wildman–Crippen MR) is 87.4 cm³/mol. The molecular formula is C13H25ClN6O2. The number of nitrogens with two attached hydrogens (primary N) is 1. The van der Waals surface area contributed by atoms with Crippen LogP contribution in [0.25, 0.3) is 0 Å². The molecule has 0 saturated heterocycles. The Morgan fingerprint density at radius 2 is 1.59 bits per heavy atom. The van der Waals surface area contributed by atoms with Crippen LogP contribution in [0.3, 0.4) is 0 Å². The second kappa shape index (κ2) is 12.3. The van der Waals surface area contributed by atoms with Crippen molar-refractivity contribution in [3.05, 3.63) is 5.28 Å². The van der Waals surface area contributed by atoms with Crippen molar-refractivity contribution in [1.82, 2.24) is 15.0 Å². The smallest absolute Gasteiger partial charge is 0.228 e. The molecule has 1 rings (SSSR count). The summed E-state index contributed by atoms with van der Waals surface area (Å²) in [5.41, 5.74) is 5.31. The van der Waals surface area contributed by atoms with Crippen molar-refractivity contribution in [2.24, 2.45) is 5.73 Å². The lowest BCUT2D eigenvalue weighted by atomic mass is 10.3. The van der Waals surface area contributed by atoms with E-state index >= 15 is 0 Å². The van der Waals surface area contributed by atoms with Gasteiger partial charge in [0.2, 0.25) is 17.2 Å².